The lowest BCUT2D eigenvalue weighted by Gasteiger charge is -2.08. The van der Waals surface area contributed by atoms with Gasteiger partial charge in [0.2, 0.25) is 0 Å². The van der Waals surface area contributed by atoms with Crippen LogP contribution in [0.4, 0.5) is 4.39 Å². The lowest BCUT2D eigenvalue weighted by Crippen LogP contribution is -2.02. The zero-order valence-electron chi connectivity index (χ0n) is 10.3. The number of nitrogens with two attached hydrogens (primary N) is 1. The molecule has 1 nitrogen and oxygen atoms in total. The summed E-state index contributed by atoms with van der Waals surface area (Å²) in [5.41, 5.74) is 7.99. The molecule has 0 spiro atoms. The number of hydrogen-bond acceptors (Lipinski definition) is 2. The van der Waals surface area contributed by atoms with Gasteiger partial charge in [-0.25, -0.2) is 4.39 Å². The van der Waals surface area contributed by atoms with E-state index in [1.165, 1.54) is 17.2 Å². The second-order valence-electron chi connectivity index (χ2n) is 4.20. The van der Waals surface area contributed by atoms with Gasteiger partial charge in [0, 0.05) is 9.79 Å². The first kappa shape index (κ1) is 13.1. The third-order valence-corrected chi connectivity index (χ3v) is 3.86. The van der Waals surface area contributed by atoms with Gasteiger partial charge in [-0.1, -0.05) is 30.0 Å². The fourth-order valence-electron chi connectivity index (χ4n) is 1.81. The van der Waals surface area contributed by atoms with Crippen molar-refractivity contribution >= 4 is 11.8 Å². The molecule has 0 unspecified atom stereocenters. The molecule has 2 N–H and O–H groups in total. The Bertz CT molecular complexity index is 540. The number of halogens is 1. The highest BCUT2D eigenvalue weighted by Gasteiger charge is 2.03. The number of hydrogen-bond donors (Lipinski definition) is 1. The van der Waals surface area contributed by atoms with Crippen LogP contribution < -0.4 is 5.73 Å². The van der Waals surface area contributed by atoms with Crippen LogP contribution in [-0.4, -0.2) is 6.54 Å². The van der Waals surface area contributed by atoms with E-state index in [-0.39, 0.29) is 5.82 Å². The van der Waals surface area contributed by atoms with Crippen LogP contribution in [0.5, 0.6) is 0 Å². The molecule has 2 aromatic carbocycles. The summed E-state index contributed by atoms with van der Waals surface area (Å²) in [5, 5.41) is 0. The minimum absolute atomic E-state index is 0.197. The third-order valence-electron chi connectivity index (χ3n) is 2.70. The minimum atomic E-state index is -0.197. The van der Waals surface area contributed by atoms with Crippen molar-refractivity contribution in [2.24, 2.45) is 5.73 Å². The summed E-state index contributed by atoms with van der Waals surface area (Å²) in [6.45, 7) is 2.73. The van der Waals surface area contributed by atoms with E-state index in [0.29, 0.717) is 6.54 Å². The Balaban J connectivity index is 2.19. The predicted molar refractivity (Wildman–Crippen MR) is 74.5 cm³/mol. The van der Waals surface area contributed by atoms with Crippen molar-refractivity contribution in [3.63, 3.8) is 0 Å². The van der Waals surface area contributed by atoms with Crippen molar-refractivity contribution in [2.75, 3.05) is 6.54 Å². The summed E-state index contributed by atoms with van der Waals surface area (Å²) < 4.78 is 13.1. The highest BCUT2D eigenvalue weighted by atomic mass is 32.2. The van der Waals surface area contributed by atoms with E-state index in [1.54, 1.807) is 23.9 Å². The molecule has 0 heterocycles. The Morgan fingerprint density at radius 3 is 2.67 bits per heavy atom. The molecule has 0 aliphatic heterocycles. The fourth-order valence-corrected chi connectivity index (χ4v) is 2.73. The van der Waals surface area contributed by atoms with Gasteiger partial charge in [0.25, 0.3) is 0 Å². The molecule has 2 aromatic rings. The molecule has 2 rings (SSSR count). The molecule has 0 atom stereocenters. The molecule has 3 heteroatoms. The van der Waals surface area contributed by atoms with Gasteiger partial charge in [0.05, 0.1) is 0 Å². The van der Waals surface area contributed by atoms with Gasteiger partial charge in [-0.05, 0) is 55.3 Å². The first-order valence-corrected chi connectivity index (χ1v) is 6.73. The van der Waals surface area contributed by atoms with E-state index in [2.05, 4.69) is 25.1 Å². The van der Waals surface area contributed by atoms with Crippen LogP contribution in [0.15, 0.2) is 52.3 Å². The van der Waals surface area contributed by atoms with E-state index < -0.39 is 0 Å². The monoisotopic (exact) mass is 261 g/mol. The molecule has 0 aliphatic rings. The summed E-state index contributed by atoms with van der Waals surface area (Å²) in [5.74, 6) is -0.197. The maximum atomic E-state index is 13.1. The second-order valence-corrected chi connectivity index (χ2v) is 5.31. The van der Waals surface area contributed by atoms with Gasteiger partial charge >= 0.3 is 0 Å². The average Bonchev–Trinajstić information content (AvgIpc) is 2.33. The van der Waals surface area contributed by atoms with Crippen molar-refractivity contribution in [2.45, 2.75) is 23.1 Å². The number of aryl methyl sites for hydroxylation is 1. The van der Waals surface area contributed by atoms with E-state index >= 15 is 0 Å². The number of benzene rings is 2. The van der Waals surface area contributed by atoms with Gasteiger partial charge in [-0.3, -0.25) is 0 Å². The van der Waals surface area contributed by atoms with Crippen molar-refractivity contribution in [1.82, 2.24) is 0 Å². The first-order valence-electron chi connectivity index (χ1n) is 5.92. The van der Waals surface area contributed by atoms with Gasteiger partial charge in [0.1, 0.15) is 5.82 Å². The molecule has 0 saturated carbocycles. The van der Waals surface area contributed by atoms with Crippen molar-refractivity contribution in [3.05, 3.63) is 59.4 Å². The molecular formula is C15H16FNS. The lowest BCUT2D eigenvalue weighted by atomic mass is 10.1. The summed E-state index contributed by atoms with van der Waals surface area (Å²) in [6.07, 6.45) is 0.895. The second kappa shape index (κ2) is 6.03. The van der Waals surface area contributed by atoms with Gasteiger partial charge < -0.3 is 5.73 Å². The maximum Gasteiger partial charge on any atom is 0.124 e. The van der Waals surface area contributed by atoms with Crippen LogP contribution in [0.25, 0.3) is 0 Å². The van der Waals surface area contributed by atoms with Crippen LogP contribution in [-0.2, 0) is 6.42 Å². The maximum absolute atomic E-state index is 13.1. The molecule has 94 valence electrons. The fraction of sp³-hybridized carbons (Fsp3) is 0.200. The molecule has 0 aliphatic carbocycles. The summed E-state index contributed by atoms with van der Waals surface area (Å²) >= 11 is 1.58. The normalized spacial score (nSPS) is 10.6. The molecule has 0 fully saturated rings. The number of rotatable bonds is 4. The van der Waals surface area contributed by atoms with Crippen LogP contribution in [0.2, 0.25) is 0 Å². The molecule has 0 bridgehead atoms. The van der Waals surface area contributed by atoms with E-state index in [9.17, 15) is 4.39 Å². The smallest absolute Gasteiger partial charge is 0.124 e. The largest absolute Gasteiger partial charge is 0.330 e. The van der Waals surface area contributed by atoms with Crippen molar-refractivity contribution < 1.29 is 4.39 Å². The van der Waals surface area contributed by atoms with Crippen molar-refractivity contribution in [1.29, 1.82) is 0 Å². The Morgan fingerprint density at radius 2 is 2.00 bits per heavy atom. The third kappa shape index (κ3) is 3.34. The van der Waals surface area contributed by atoms with Crippen LogP contribution in [0.1, 0.15) is 11.1 Å². The molecule has 18 heavy (non-hydrogen) atoms. The standard InChI is InChI=1S/C15H16FNS/c1-11-9-12(7-8-17)5-6-15(11)18-14-4-2-3-13(16)10-14/h2-6,9-10H,7-8,17H2,1H3. The van der Waals surface area contributed by atoms with Gasteiger partial charge in [0.15, 0.2) is 0 Å². The molecule has 0 aromatic heterocycles. The summed E-state index contributed by atoms with van der Waals surface area (Å²) in [6, 6.07) is 13.0. The predicted octanol–water partition coefficient (Wildman–Crippen LogP) is 3.79. The van der Waals surface area contributed by atoms with Crippen molar-refractivity contribution in [3.8, 4) is 0 Å². The lowest BCUT2D eigenvalue weighted by molar-refractivity contribution is 0.624. The average molecular weight is 261 g/mol. The Morgan fingerprint density at radius 1 is 1.17 bits per heavy atom. The zero-order valence-corrected chi connectivity index (χ0v) is 11.1. The molecular weight excluding hydrogens is 245 g/mol. The van der Waals surface area contributed by atoms with Gasteiger partial charge in [-0.15, -0.1) is 0 Å². The van der Waals surface area contributed by atoms with E-state index in [4.69, 9.17) is 5.73 Å². The Kier molecular flexibility index (Phi) is 4.39. The SMILES string of the molecule is Cc1cc(CCN)ccc1Sc1cccc(F)c1. The van der Waals surface area contributed by atoms with Crippen LogP contribution in [0.3, 0.4) is 0 Å². The van der Waals surface area contributed by atoms with Crippen LogP contribution in [0, 0.1) is 12.7 Å². The van der Waals surface area contributed by atoms with E-state index in [0.717, 1.165) is 16.2 Å². The first-order chi connectivity index (χ1) is 8.69. The topological polar surface area (TPSA) is 26.0 Å². The zero-order chi connectivity index (χ0) is 13.0. The molecule has 0 amide bonds. The van der Waals surface area contributed by atoms with E-state index in [1.807, 2.05) is 6.07 Å². The van der Waals surface area contributed by atoms with Crippen LogP contribution >= 0.6 is 11.8 Å². The summed E-state index contributed by atoms with van der Waals surface area (Å²) in [4.78, 5) is 2.08. The molecule has 0 saturated heterocycles. The highest BCUT2D eigenvalue weighted by Crippen LogP contribution is 2.31. The Labute approximate surface area is 111 Å². The minimum Gasteiger partial charge on any atom is -0.330 e. The quantitative estimate of drug-likeness (QED) is 0.906. The summed E-state index contributed by atoms with van der Waals surface area (Å²) in [7, 11) is 0. The highest BCUT2D eigenvalue weighted by molar-refractivity contribution is 7.99. The van der Waals surface area contributed by atoms with Gasteiger partial charge in [-0.2, -0.15) is 0 Å². The molecule has 0 radical (unpaired) electrons. The Hall–Kier alpha value is -1.32.